The standard InChI is InChI=1S/C31H24N2O3S2/c1-17-11-12-22-19(15-17)18(2)16-25-31(20-7-3-4-8-21(20)32-30(31)36)26(28(34)23-9-5-13-37-23)27(33(22)25)29(35)24-10-6-14-38-24/h3-16,25-27H,1-2H3,(H,32,36). The molecule has 188 valence electrons. The van der Waals surface area contributed by atoms with E-state index in [2.05, 4.69) is 22.4 Å². The van der Waals surface area contributed by atoms with Crippen LogP contribution in [0.5, 0.6) is 0 Å². The van der Waals surface area contributed by atoms with Crippen LogP contribution in [0.25, 0.3) is 5.57 Å². The van der Waals surface area contributed by atoms with Gasteiger partial charge in [0.05, 0.1) is 21.7 Å². The lowest BCUT2D eigenvalue weighted by Gasteiger charge is -2.39. The molecule has 3 aliphatic rings. The smallest absolute Gasteiger partial charge is 0.238 e. The van der Waals surface area contributed by atoms with Gasteiger partial charge in [-0.15, -0.1) is 22.7 Å². The molecule has 1 spiro atoms. The third-order valence-corrected chi connectivity index (χ3v) is 9.98. The molecule has 5 heterocycles. The number of nitrogens with zero attached hydrogens (tertiary/aromatic N) is 1. The zero-order chi connectivity index (χ0) is 26.2. The second-order valence-electron chi connectivity index (χ2n) is 10.2. The molecular formula is C31H24N2O3S2. The molecule has 3 aliphatic heterocycles. The zero-order valence-corrected chi connectivity index (χ0v) is 22.4. The second-order valence-corrected chi connectivity index (χ2v) is 12.1. The van der Waals surface area contributed by atoms with E-state index in [4.69, 9.17) is 0 Å². The van der Waals surface area contributed by atoms with Gasteiger partial charge in [-0.1, -0.05) is 48.0 Å². The molecule has 0 bridgehead atoms. The number of thiophene rings is 2. The average Bonchev–Trinajstić information content (AvgIpc) is 3.71. The highest BCUT2D eigenvalue weighted by atomic mass is 32.1. The Morgan fingerprint density at radius 3 is 2.32 bits per heavy atom. The van der Waals surface area contributed by atoms with Crippen LogP contribution >= 0.6 is 22.7 Å². The fraction of sp³-hybridized carbons (Fsp3) is 0.194. The minimum Gasteiger partial charge on any atom is -0.352 e. The van der Waals surface area contributed by atoms with Crippen molar-refractivity contribution >= 4 is 57.1 Å². The number of rotatable bonds is 4. The number of nitrogens with one attached hydrogen (secondary N) is 1. The van der Waals surface area contributed by atoms with Crippen molar-refractivity contribution in [2.45, 2.75) is 31.3 Å². The van der Waals surface area contributed by atoms with Gasteiger partial charge in [0.25, 0.3) is 0 Å². The molecule has 2 aromatic carbocycles. The van der Waals surface area contributed by atoms with Crippen molar-refractivity contribution in [2.75, 3.05) is 10.2 Å². The molecule has 2 aromatic heterocycles. The van der Waals surface area contributed by atoms with Crippen molar-refractivity contribution in [3.8, 4) is 0 Å². The number of benzene rings is 2. The molecule has 7 rings (SSSR count). The van der Waals surface area contributed by atoms with Crippen LogP contribution < -0.4 is 10.2 Å². The molecule has 1 N–H and O–H groups in total. The molecule has 1 saturated heterocycles. The summed E-state index contributed by atoms with van der Waals surface area (Å²) in [6.45, 7) is 4.09. The van der Waals surface area contributed by atoms with E-state index in [-0.39, 0.29) is 17.5 Å². The zero-order valence-electron chi connectivity index (χ0n) is 20.8. The van der Waals surface area contributed by atoms with E-state index in [1.807, 2.05) is 79.2 Å². The molecule has 0 radical (unpaired) electrons. The summed E-state index contributed by atoms with van der Waals surface area (Å²) >= 11 is 2.72. The highest BCUT2D eigenvalue weighted by Gasteiger charge is 2.70. The van der Waals surface area contributed by atoms with Crippen LogP contribution in [-0.2, 0) is 10.2 Å². The van der Waals surface area contributed by atoms with Gasteiger partial charge in [0.15, 0.2) is 11.6 Å². The number of hydrogen-bond acceptors (Lipinski definition) is 6. The van der Waals surface area contributed by atoms with Gasteiger partial charge < -0.3 is 10.2 Å². The van der Waals surface area contributed by atoms with Gasteiger partial charge in [-0.2, -0.15) is 0 Å². The number of allylic oxidation sites excluding steroid dienone is 1. The van der Waals surface area contributed by atoms with Crippen molar-refractivity contribution in [3.05, 3.63) is 110 Å². The number of fused-ring (bicyclic) bond motifs is 6. The number of hydrogen-bond donors (Lipinski definition) is 1. The van der Waals surface area contributed by atoms with Gasteiger partial charge in [-0.3, -0.25) is 14.4 Å². The van der Waals surface area contributed by atoms with Crippen molar-refractivity contribution in [1.29, 1.82) is 0 Å². The Labute approximate surface area is 228 Å². The summed E-state index contributed by atoms with van der Waals surface area (Å²) in [4.78, 5) is 46.5. The van der Waals surface area contributed by atoms with Crippen molar-refractivity contribution in [3.63, 3.8) is 0 Å². The molecular weight excluding hydrogens is 512 g/mol. The number of ketones is 2. The van der Waals surface area contributed by atoms with Crippen LogP contribution in [0.15, 0.2) is 83.6 Å². The van der Waals surface area contributed by atoms with E-state index in [0.29, 0.717) is 15.4 Å². The predicted molar refractivity (Wildman–Crippen MR) is 152 cm³/mol. The third-order valence-electron chi connectivity index (χ3n) is 8.21. The fourth-order valence-corrected chi connectivity index (χ4v) is 8.08. The van der Waals surface area contributed by atoms with E-state index in [9.17, 15) is 14.4 Å². The minimum absolute atomic E-state index is 0.131. The Bertz CT molecular complexity index is 1650. The first-order valence-electron chi connectivity index (χ1n) is 12.6. The van der Waals surface area contributed by atoms with Crippen LogP contribution in [0.4, 0.5) is 11.4 Å². The number of aryl methyl sites for hydroxylation is 1. The summed E-state index contributed by atoms with van der Waals surface area (Å²) in [6.07, 6.45) is 2.10. The monoisotopic (exact) mass is 536 g/mol. The first-order valence-corrected chi connectivity index (χ1v) is 14.3. The molecule has 0 aliphatic carbocycles. The third kappa shape index (κ3) is 3.00. The summed E-state index contributed by atoms with van der Waals surface area (Å²) in [5.41, 5.74) is 4.26. The number of amides is 1. The summed E-state index contributed by atoms with van der Waals surface area (Å²) in [7, 11) is 0. The van der Waals surface area contributed by atoms with Crippen molar-refractivity contribution in [1.82, 2.24) is 0 Å². The lowest BCUT2D eigenvalue weighted by molar-refractivity contribution is -0.121. The number of carbonyl (C=O) groups is 3. The quantitative estimate of drug-likeness (QED) is 0.308. The van der Waals surface area contributed by atoms with Gasteiger partial charge in [-0.25, -0.2) is 0 Å². The average molecular weight is 537 g/mol. The fourth-order valence-electron chi connectivity index (χ4n) is 6.68. The number of carbonyl (C=O) groups excluding carboxylic acids is 3. The van der Waals surface area contributed by atoms with E-state index in [1.165, 1.54) is 22.7 Å². The number of anilines is 2. The molecule has 1 amide bonds. The summed E-state index contributed by atoms with van der Waals surface area (Å²) in [5.74, 6) is -1.45. The normalized spacial score (nSPS) is 25.0. The maximum Gasteiger partial charge on any atom is 0.238 e. The summed E-state index contributed by atoms with van der Waals surface area (Å²) < 4.78 is 0. The van der Waals surface area contributed by atoms with Crippen LogP contribution in [0, 0.1) is 12.8 Å². The number of para-hydroxylation sites is 1. The number of Topliss-reactive ketones (excluding diaryl/α,β-unsaturated/α-hetero) is 2. The molecule has 4 unspecified atom stereocenters. The minimum atomic E-state index is -1.26. The molecule has 0 saturated carbocycles. The molecule has 38 heavy (non-hydrogen) atoms. The molecule has 4 atom stereocenters. The van der Waals surface area contributed by atoms with Gasteiger partial charge in [0, 0.05) is 16.9 Å². The predicted octanol–water partition coefficient (Wildman–Crippen LogP) is 6.36. The van der Waals surface area contributed by atoms with Gasteiger partial charge in [-0.05, 0) is 66.1 Å². The van der Waals surface area contributed by atoms with E-state index < -0.39 is 23.4 Å². The highest BCUT2D eigenvalue weighted by molar-refractivity contribution is 7.12. The van der Waals surface area contributed by atoms with Crippen molar-refractivity contribution in [2.24, 2.45) is 5.92 Å². The maximum atomic E-state index is 14.5. The van der Waals surface area contributed by atoms with Gasteiger partial charge in [0.1, 0.15) is 11.5 Å². The first-order chi connectivity index (χ1) is 18.4. The van der Waals surface area contributed by atoms with Crippen LogP contribution in [-0.4, -0.2) is 29.6 Å². The Balaban J connectivity index is 1.57. The second kappa shape index (κ2) is 8.35. The van der Waals surface area contributed by atoms with E-state index >= 15 is 0 Å². The van der Waals surface area contributed by atoms with Crippen LogP contribution in [0.2, 0.25) is 0 Å². The Kier molecular flexibility index (Phi) is 5.12. The summed E-state index contributed by atoms with van der Waals surface area (Å²) in [5, 5.41) is 6.82. The van der Waals surface area contributed by atoms with Crippen LogP contribution in [0.3, 0.4) is 0 Å². The molecule has 1 fully saturated rings. The largest absolute Gasteiger partial charge is 0.352 e. The van der Waals surface area contributed by atoms with Crippen LogP contribution in [0.1, 0.15) is 43.0 Å². The highest BCUT2D eigenvalue weighted by Crippen LogP contribution is 2.59. The lowest BCUT2D eigenvalue weighted by atomic mass is 9.64. The Morgan fingerprint density at radius 2 is 1.61 bits per heavy atom. The molecule has 7 heteroatoms. The first kappa shape index (κ1) is 23.3. The Hall–Kier alpha value is -3.81. The molecule has 4 aromatic rings. The lowest BCUT2D eigenvalue weighted by Crippen LogP contribution is -2.51. The topological polar surface area (TPSA) is 66.5 Å². The van der Waals surface area contributed by atoms with Crippen molar-refractivity contribution < 1.29 is 14.4 Å². The molecule has 5 nitrogen and oxygen atoms in total. The van der Waals surface area contributed by atoms with E-state index in [0.717, 1.165) is 28.0 Å². The van der Waals surface area contributed by atoms with E-state index in [1.54, 1.807) is 6.07 Å². The maximum absolute atomic E-state index is 14.5. The Morgan fingerprint density at radius 1 is 0.895 bits per heavy atom. The SMILES string of the molecule is CC1=CC2N(c3ccc(C)cc31)C(C(=O)c1cccs1)C(C(=O)c1cccs1)C21C(=O)Nc2ccccc21. The van der Waals surface area contributed by atoms with Gasteiger partial charge in [0.2, 0.25) is 5.91 Å². The summed E-state index contributed by atoms with van der Waals surface area (Å²) in [6, 6.07) is 19.7. The van der Waals surface area contributed by atoms with Gasteiger partial charge >= 0.3 is 0 Å².